The number of rotatable bonds is 6. The molecule has 9 aromatic carbocycles. The zero-order chi connectivity index (χ0) is 40.5. The molecule has 0 spiro atoms. The molecule has 0 bridgehead atoms. The lowest BCUT2D eigenvalue weighted by molar-refractivity contribution is 0.714. The van der Waals surface area contributed by atoms with Crippen LogP contribution in [-0.2, 0) is 5.41 Å². The van der Waals surface area contributed by atoms with Gasteiger partial charge in [-0.1, -0.05) is 164 Å². The number of benzene rings is 9. The molecule has 0 fully saturated rings. The van der Waals surface area contributed by atoms with Crippen molar-refractivity contribution in [1.29, 1.82) is 0 Å². The Morgan fingerprint density at radius 2 is 0.967 bits per heavy atom. The van der Waals surface area contributed by atoms with Crippen LogP contribution < -0.4 is 0 Å². The van der Waals surface area contributed by atoms with E-state index in [0.717, 1.165) is 39.2 Å². The van der Waals surface area contributed by atoms with Crippen molar-refractivity contribution >= 4 is 42.3 Å². The average molecular weight is 795 g/mol. The maximum atomic E-state index is 5.37. The topological polar surface area (TPSA) is 25.8 Å². The minimum atomic E-state index is -0.320. The van der Waals surface area contributed by atoms with E-state index in [1.54, 1.807) is 0 Å². The number of aromatic nitrogens is 2. The molecule has 3 heteroatoms. The molecule has 0 saturated heterocycles. The first-order valence-corrected chi connectivity index (χ1v) is 21.7. The first kappa shape index (κ1) is 35.5. The third-order valence-corrected chi connectivity index (χ3v) is 13.9. The summed E-state index contributed by atoms with van der Waals surface area (Å²) in [4.78, 5) is 10.7. The molecule has 0 radical (unpaired) electrons. The Morgan fingerprint density at radius 3 is 1.80 bits per heavy atom. The Hall–Kier alpha value is -7.46. The molecular weight excluding hydrogens is 757 g/mol. The van der Waals surface area contributed by atoms with Gasteiger partial charge in [0.05, 0.1) is 11.4 Å². The van der Waals surface area contributed by atoms with Gasteiger partial charge in [-0.05, 0) is 116 Å². The zero-order valence-electron chi connectivity index (χ0n) is 33.5. The van der Waals surface area contributed by atoms with Crippen molar-refractivity contribution in [3.8, 4) is 67.3 Å². The van der Waals surface area contributed by atoms with Crippen LogP contribution in [0.15, 0.2) is 212 Å². The van der Waals surface area contributed by atoms with Gasteiger partial charge in [0, 0.05) is 42.3 Å². The predicted octanol–water partition coefficient (Wildman–Crippen LogP) is 15.7. The molecule has 2 nitrogen and oxygen atoms in total. The highest BCUT2D eigenvalue weighted by atomic mass is 32.1. The molecule has 0 N–H and O–H groups in total. The van der Waals surface area contributed by atoms with Crippen molar-refractivity contribution in [2.75, 3.05) is 0 Å². The van der Waals surface area contributed by atoms with E-state index in [9.17, 15) is 0 Å². The van der Waals surface area contributed by atoms with E-state index < -0.39 is 0 Å². The highest BCUT2D eigenvalue weighted by Gasteiger charge is 2.40. The molecule has 0 aliphatic heterocycles. The van der Waals surface area contributed by atoms with Crippen LogP contribution in [0.2, 0.25) is 0 Å². The molecule has 2 aromatic heterocycles. The predicted molar refractivity (Wildman–Crippen MR) is 257 cm³/mol. The summed E-state index contributed by atoms with van der Waals surface area (Å²) in [5.41, 5.74) is 15.6. The van der Waals surface area contributed by atoms with Gasteiger partial charge in [-0.15, -0.1) is 11.3 Å². The minimum Gasteiger partial charge on any atom is -0.228 e. The van der Waals surface area contributed by atoms with Crippen molar-refractivity contribution in [1.82, 2.24) is 9.97 Å². The molecule has 12 rings (SSSR count). The van der Waals surface area contributed by atoms with Gasteiger partial charge in [0.2, 0.25) is 0 Å². The highest BCUT2D eigenvalue weighted by molar-refractivity contribution is 7.25. The van der Waals surface area contributed by atoms with Crippen molar-refractivity contribution in [2.24, 2.45) is 0 Å². The van der Waals surface area contributed by atoms with Gasteiger partial charge in [-0.3, -0.25) is 0 Å². The second-order valence-electron chi connectivity index (χ2n) is 16.3. The maximum absolute atomic E-state index is 5.37. The van der Waals surface area contributed by atoms with Crippen molar-refractivity contribution in [2.45, 2.75) is 12.3 Å². The summed E-state index contributed by atoms with van der Waals surface area (Å²) in [6.45, 7) is 2.37. The summed E-state index contributed by atoms with van der Waals surface area (Å²) < 4.78 is 2.59. The average Bonchev–Trinajstić information content (AvgIpc) is 3.84. The Labute approximate surface area is 359 Å². The van der Waals surface area contributed by atoms with Crippen LogP contribution in [0, 0.1) is 0 Å². The molecular formula is C58H38N2S. The molecule has 1 aliphatic carbocycles. The number of nitrogens with zero attached hydrogens (tertiary/aromatic N) is 2. The fourth-order valence-electron chi connectivity index (χ4n) is 9.58. The second kappa shape index (κ2) is 14.1. The molecule has 61 heavy (non-hydrogen) atoms. The Bertz CT molecular complexity index is 3490. The summed E-state index contributed by atoms with van der Waals surface area (Å²) in [6, 6.07) is 77.2. The van der Waals surface area contributed by atoms with E-state index in [4.69, 9.17) is 9.97 Å². The molecule has 1 atom stereocenters. The fourth-order valence-corrected chi connectivity index (χ4v) is 10.7. The lowest BCUT2D eigenvalue weighted by Crippen LogP contribution is -2.22. The molecule has 2 heterocycles. The summed E-state index contributed by atoms with van der Waals surface area (Å²) >= 11 is 1.85. The van der Waals surface area contributed by atoms with E-state index in [-0.39, 0.29) is 5.41 Å². The number of thiophene rings is 1. The third-order valence-electron chi connectivity index (χ3n) is 12.7. The van der Waals surface area contributed by atoms with Crippen LogP contribution in [0.5, 0.6) is 0 Å². The van der Waals surface area contributed by atoms with Gasteiger partial charge in [-0.2, -0.15) is 0 Å². The van der Waals surface area contributed by atoms with E-state index >= 15 is 0 Å². The fraction of sp³-hybridized carbons (Fsp3) is 0.0345. The normalized spacial score (nSPS) is 14.4. The van der Waals surface area contributed by atoms with Crippen LogP contribution in [0.4, 0.5) is 0 Å². The number of hydrogen-bond donors (Lipinski definition) is 0. The highest BCUT2D eigenvalue weighted by Crippen LogP contribution is 2.53. The molecule has 1 unspecified atom stereocenters. The van der Waals surface area contributed by atoms with E-state index in [1.807, 2.05) is 17.4 Å². The number of fused-ring (bicyclic) bond motifs is 7. The SMILES string of the molecule is CC1(c2ccccc2)c2ccccc2-c2ccc(-c3cc(-c4cc(-c5ccc6ccccc6c5)cc(-c5ccc6c(c5)sc5ccccc56)c4)nc(-c4ccccc4)n3)cc21. The van der Waals surface area contributed by atoms with Crippen molar-refractivity contribution < 1.29 is 0 Å². The van der Waals surface area contributed by atoms with Crippen molar-refractivity contribution in [3.05, 3.63) is 229 Å². The molecule has 286 valence electrons. The van der Waals surface area contributed by atoms with Crippen molar-refractivity contribution in [3.63, 3.8) is 0 Å². The van der Waals surface area contributed by atoms with Crippen LogP contribution in [0.1, 0.15) is 23.6 Å². The summed E-state index contributed by atoms with van der Waals surface area (Å²) in [7, 11) is 0. The van der Waals surface area contributed by atoms with Crippen LogP contribution in [-0.4, -0.2) is 9.97 Å². The zero-order valence-corrected chi connectivity index (χ0v) is 34.3. The Balaban J connectivity index is 1.07. The Kier molecular flexibility index (Phi) is 8.19. The smallest absolute Gasteiger partial charge is 0.160 e. The first-order valence-electron chi connectivity index (χ1n) is 20.9. The molecule has 0 amide bonds. The van der Waals surface area contributed by atoms with E-state index in [1.165, 1.54) is 69.9 Å². The number of hydrogen-bond acceptors (Lipinski definition) is 3. The molecule has 0 saturated carbocycles. The van der Waals surface area contributed by atoms with Crippen LogP contribution >= 0.6 is 11.3 Å². The van der Waals surface area contributed by atoms with E-state index in [2.05, 4.69) is 213 Å². The Morgan fingerprint density at radius 1 is 0.361 bits per heavy atom. The maximum Gasteiger partial charge on any atom is 0.160 e. The van der Waals surface area contributed by atoms with Gasteiger partial charge in [0.1, 0.15) is 0 Å². The largest absolute Gasteiger partial charge is 0.228 e. The van der Waals surface area contributed by atoms with Gasteiger partial charge in [0.25, 0.3) is 0 Å². The quantitative estimate of drug-likeness (QED) is 0.168. The lowest BCUT2D eigenvalue weighted by atomic mass is 9.74. The second-order valence-corrected chi connectivity index (χ2v) is 17.4. The van der Waals surface area contributed by atoms with Gasteiger partial charge < -0.3 is 0 Å². The molecule has 1 aliphatic rings. The minimum absolute atomic E-state index is 0.320. The van der Waals surface area contributed by atoms with Crippen LogP contribution in [0.3, 0.4) is 0 Å². The summed E-state index contributed by atoms with van der Waals surface area (Å²) in [5.74, 6) is 0.701. The third kappa shape index (κ3) is 5.92. The standard InChI is InChI=1S/C58H38N2S/c1-58(46-18-6-3-7-19-46)51-22-12-10-20-47(51)48-28-27-42(34-52(48)58)53-36-54(60-57(59-53)38-15-4-2-5-16-38)45-32-43(40-25-24-37-14-8-9-17-39(37)30-40)31-44(33-45)41-26-29-50-49-21-11-13-23-55(49)61-56(50)35-41/h2-36H,1H3. The lowest BCUT2D eigenvalue weighted by Gasteiger charge is -2.28. The van der Waals surface area contributed by atoms with E-state index in [0.29, 0.717) is 5.82 Å². The molecule has 11 aromatic rings. The summed E-state index contributed by atoms with van der Waals surface area (Å²) in [5, 5.41) is 5.05. The first-order chi connectivity index (χ1) is 30.1. The summed E-state index contributed by atoms with van der Waals surface area (Å²) in [6.07, 6.45) is 0. The van der Waals surface area contributed by atoms with Gasteiger partial charge in [-0.25, -0.2) is 9.97 Å². The van der Waals surface area contributed by atoms with Gasteiger partial charge in [0.15, 0.2) is 5.82 Å². The van der Waals surface area contributed by atoms with Gasteiger partial charge >= 0.3 is 0 Å². The van der Waals surface area contributed by atoms with Crippen LogP contribution in [0.25, 0.3) is 98.2 Å². The monoisotopic (exact) mass is 794 g/mol.